The molecule has 3 rings (SSSR count). The summed E-state index contributed by atoms with van der Waals surface area (Å²) in [4.78, 5) is 4.73. The molecule has 3 N–H and O–H groups in total. The maximum absolute atomic E-state index is 11.9. The third kappa shape index (κ3) is 4.55. The molecule has 1 heterocycles. The minimum atomic E-state index is -3.81. The molecule has 5 nitrogen and oxygen atoms in total. The van der Waals surface area contributed by atoms with Crippen LogP contribution in [-0.4, -0.2) is 19.9 Å². The molecule has 140 valence electrons. The minimum absolute atomic E-state index is 0.115. The zero-order chi connectivity index (χ0) is 19.4. The molecule has 27 heavy (non-hydrogen) atoms. The number of hydrogen-bond acceptors (Lipinski definition) is 4. The van der Waals surface area contributed by atoms with Crippen LogP contribution in [0.5, 0.6) is 0 Å². The van der Waals surface area contributed by atoms with Gasteiger partial charge in [0.05, 0.1) is 4.90 Å². The summed E-state index contributed by atoms with van der Waals surface area (Å²) < 4.78 is 24.9. The monoisotopic (exact) mass is 445 g/mol. The predicted octanol–water partition coefficient (Wildman–Crippen LogP) is 4.33. The predicted molar refractivity (Wildman–Crippen MR) is 114 cm³/mol. The van der Waals surface area contributed by atoms with Crippen LogP contribution in [0.15, 0.2) is 64.0 Å². The first kappa shape index (κ1) is 19.5. The van der Waals surface area contributed by atoms with Gasteiger partial charge in [0.1, 0.15) is 5.82 Å². The van der Waals surface area contributed by atoms with Crippen LogP contribution in [0.1, 0.15) is 18.2 Å². The molecular weight excluding hydrogens is 426 g/mol. The van der Waals surface area contributed by atoms with Gasteiger partial charge in [-0.25, -0.2) is 18.5 Å². The van der Waals surface area contributed by atoms with Crippen molar-refractivity contribution in [3.8, 4) is 0 Å². The first-order valence-electron chi connectivity index (χ1n) is 8.50. The lowest BCUT2D eigenvalue weighted by atomic mass is 10.1. The van der Waals surface area contributed by atoms with Crippen LogP contribution in [0, 0.1) is 0 Å². The van der Waals surface area contributed by atoms with Crippen LogP contribution in [0.2, 0.25) is 0 Å². The molecule has 0 saturated heterocycles. The number of benzene rings is 2. The summed E-state index contributed by atoms with van der Waals surface area (Å²) in [6, 6.07) is 14.8. The Labute approximate surface area is 167 Å². The Morgan fingerprint density at radius 2 is 1.93 bits per heavy atom. The van der Waals surface area contributed by atoms with Crippen LogP contribution in [0.4, 0.5) is 5.82 Å². The molecule has 0 unspecified atom stereocenters. The summed E-state index contributed by atoms with van der Waals surface area (Å²) in [6.07, 6.45) is 4.70. The van der Waals surface area contributed by atoms with Crippen molar-refractivity contribution >= 4 is 48.6 Å². The van der Waals surface area contributed by atoms with Gasteiger partial charge in [-0.1, -0.05) is 65.3 Å². The fourth-order valence-electron chi connectivity index (χ4n) is 2.82. The molecule has 0 aliphatic heterocycles. The highest BCUT2D eigenvalue weighted by Gasteiger charge is 2.15. The molecule has 0 radical (unpaired) electrons. The molecule has 0 atom stereocenters. The van der Waals surface area contributed by atoms with Crippen molar-refractivity contribution in [1.29, 1.82) is 0 Å². The van der Waals surface area contributed by atoms with Crippen LogP contribution in [0.25, 0.3) is 16.8 Å². The molecule has 0 amide bonds. The van der Waals surface area contributed by atoms with Crippen molar-refractivity contribution in [3.63, 3.8) is 0 Å². The number of rotatable bonds is 6. The van der Waals surface area contributed by atoms with Crippen molar-refractivity contribution in [3.05, 3.63) is 70.3 Å². The van der Waals surface area contributed by atoms with Gasteiger partial charge in [0.25, 0.3) is 0 Å². The molecule has 0 spiro atoms. The average Bonchev–Trinajstić information content (AvgIpc) is 2.64. The summed E-state index contributed by atoms with van der Waals surface area (Å²) in [6.45, 7) is 2.53. The highest BCUT2D eigenvalue weighted by molar-refractivity contribution is 9.10. The van der Waals surface area contributed by atoms with E-state index >= 15 is 0 Å². The highest BCUT2D eigenvalue weighted by atomic mass is 79.9. The van der Waals surface area contributed by atoms with Crippen molar-refractivity contribution in [2.45, 2.75) is 18.2 Å². The molecule has 0 aliphatic carbocycles. The number of anilines is 1. The number of pyridine rings is 1. The fourth-order valence-corrected chi connectivity index (χ4v) is 3.98. The minimum Gasteiger partial charge on any atom is -0.366 e. The molecule has 0 saturated carbocycles. The van der Waals surface area contributed by atoms with E-state index in [1.54, 1.807) is 12.1 Å². The maximum Gasteiger partial charge on any atom is 0.238 e. The highest BCUT2D eigenvalue weighted by Crippen LogP contribution is 2.28. The fraction of sp³-hybridized carbons (Fsp3) is 0.150. The molecule has 2 aromatic carbocycles. The summed E-state index contributed by atoms with van der Waals surface area (Å²) in [5, 5.41) is 9.98. The van der Waals surface area contributed by atoms with Gasteiger partial charge in [0.2, 0.25) is 10.0 Å². The van der Waals surface area contributed by atoms with Gasteiger partial charge >= 0.3 is 0 Å². The lowest BCUT2D eigenvalue weighted by Gasteiger charge is -2.12. The molecule has 0 aliphatic rings. The normalized spacial score (nSPS) is 12.0. The molecule has 3 aromatic rings. The number of halogens is 1. The first-order chi connectivity index (χ1) is 12.9. The standard InChI is InChI=1S/C20H20BrN3O2S/c1-2-15-13-17-16(9-5-11-19(17)27(22,25)26)20(24-15)23-12-6-8-14-7-3-4-10-18(14)21/h3-11,13H,2,12H2,1H3,(H,23,24)(H2,22,25,26)/b8-6+. The van der Waals surface area contributed by atoms with E-state index in [2.05, 4.69) is 26.2 Å². The van der Waals surface area contributed by atoms with E-state index in [0.29, 0.717) is 24.2 Å². The number of nitrogens with zero attached hydrogens (tertiary/aromatic N) is 1. The van der Waals surface area contributed by atoms with E-state index in [-0.39, 0.29) is 4.90 Å². The Morgan fingerprint density at radius 3 is 2.63 bits per heavy atom. The van der Waals surface area contributed by atoms with Gasteiger partial charge in [0.15, 0.2) is 0 Å². The summed E-state index contributed by atoms with van der Waals surface area (Å²) >= 11 is 3.52. The van der Waals surface area contributed by atoms with E-state index in [1.807, 2.05) is 49.4 Å². The number of fused-ring (bicyclic) bond motifs is 1. The Morgan fingerprint density at radius 1 is 1.15 bits per heavy atom. The summed E-state index contributed by atoms with van der Waals surface area (Å²) in [5.74, 6) is 0.645. The number of sulfonamides is 1. The van der Waals surface area contributed by atoms with Gasteiger partial charge in [-0.05, 0) is 30.2 Å². The molecule has 0 fully saturated rings. The van der Waals surface area contributed by atoms with Crippen LogP contribution < -0.4 is 10.5 Å². The number of aryl methyl sites for hydroxylation is 1. The second-order valence-corrected chi connectivity index (χ2v) is 8.40. The molecular formula is C20H20BrN3O2S. The van der Waals surface area contributed by atoms with E-state index in [4.69, 9.17) is 5.14 Å². The molecule has 1 aromatic heterocycles. The van der Waals surface area contributed by atoms with Crippen molar-refractivity contribution in [2.24, 2.45) is 5.14 Å². The lowest BCUT2D eigenvalue weighted by Crippen LogP contribution is -2.13. The Kier molecular flexibility index (Phi) is 5.94. The van der Waals surface area contributed by atoms with Crippen molar-refractivity contribution in [1.82, 2.24) is 4.98 Å². The van der Waals surface area contributed by atoms with Crippen LogP contribution in [-0.2, 0) is 16.4 Å². The summed E-state index contributed by atoms with van der Waals surface area (Å²) in [7, 11) is -3.81. The second kappa shape index (κ2) is 8.21. The number of hydrogen-bond donors (Lipinski definition) is 2. The van der Waals surface area contributed by atoms with Gasteiger partial charge < -0.3 is 5.32 Å². The topological polar surface area (TPSA) is 85.1 Å². The largest absolute Gasteiger partial charge is 0.366 e. The molecule has 7 heteroatoms. The zero-order valence-electron chi connectivity index (χ0n) is 14.8. The van der Waals surface area contributed by atoms with Crippen LogP contribution in [0.3, 0.4) is 0 Å². The number of aromatic nitrogens is 1. The zero-order valence-corrected chi connectivity index (χ0v) is 17.2. The number of nitrogens with two attached hydrogens (primary N) is 1. The third-order valence-corrected chi connectivity index (χ3v) is 5.84. The number of nitrogens with one attached hydrogen (secondary N) is 1. The quantitative estimate of drug-likeness (QED) is 0.590. The lowest BCUT2D eigenvalue weighted by molar-refractivity contribution is 0.598. The average molecular weight is 446 g/mol. The third-order valence-electron chi connectivity index (χ3n) is 4.15. The van der Waals surface area contributed by atoms with Gasteiger partial charge in [-0.2, -0.15) is 0 Å². The van der Waals surface area contributed by atoms with E-state index < -0.39 is 10.0 Å². The SMILES string of the molecule is CCc1cc2c(S(N)(=O)=O)cccc2c(NC/C=C/c2ccccc2Br)n1. The maximum atomic E-state index is 11.9. The van der Waals surface area contributed by atoms with E-state index in [9.17, 15) is 8.42 Å². The van der Waals surface area contributed by atoms with Crippen LogP contribution >= 0.6 is 15.9 Å². The Hall–Kier alpha value is -2.22. The van der Waals surface area contributed by atoms with Gasteiger partial charge in [0, 0.05) is 27.5 Å². The Balaban J connectivity index is 1.93. The van der Waals surface area contributed by atoms with Gasteiger partial charge in [-0.15, -0.1) is 0 Å². The van der Waals surface area contributed by atoms with E-state index in [0.717, 1.165) is 21.1 Å². The summed E-state index contributed by atoms with van der Waals surface area (Å²) in [5.41, 5.74) is 1.88. The number of primary sulfonamides is 1. The smallest absolute Gasteiger partial charge is 0.238 e. The second-order valence-electron chi connectivity index (χ2n) is 6.02. The first-order valence-corrected chi connectivity index (χ1v) is 10.8. The van der Waals surface area contributed by atoms with E-state index in [1.165, 1.54) is 6.07 Å². The van der Waals surface area contributed by atoms with Gasteiger partial charge in [-0.3, -0.25) is 0 Å². The Bertz CT molecular complexity index is 1110. The van der Waals surface area contributed by atoms with Crippen molar-refractivity contribution in [2.75, 3.05) is 11.9 Å². The van der Waals surface area contributed by atoms with Crippen molar-refractivity contribution < 1.29 is 8.42 Å². The molecule has 0 bridgehead atoms.